The lowest BCUT2D eigenvalue weighted by atomic mass is 10.1. The molecule has 0 N–H and O–H groups in total. The van der Waals surface area contributed by atoms with E-state index in [4.69, 9.17) is 0 Å². The molecule has 0 aliphatic carbocycles. The van der Waals surface area contributed by atoms with Crippen LogP contribution in [0.4, 0.5) is 5.69 Å². The van der Waals surface area contributed by atoms with Crippen LogP contribution in [0.15, 0.2) is 24.3 Å². The Bertz CT molecular complexity index is 929. The van der Waals surface area contributed by atoms with Crippen molar-refractivity contribution in [2.75, 3.05) is 11.4 Å². The number of carbonyl (C=O) groups is 1. The van der Waals surface area contributed by atoms with Crippen molar-refractivity contribution in [1.82, 2.24) is 19.6 Å². The zero-order chi connectivity index (χ0) is 17.4. The van der Waals surface area contributed by atoms with E-state index in [1.54, 1.807) is 9.42 Å². The average Bonchev–Trinajstić information content (AvgIpc) is 2.95. The summed E-state index contributed by atoms with van der Waals surface area (Å²) in [6.07, 6.45) is 0. The van der Waals surface area contributed by atoms with Gasteiger partial charge in [0.15, 0.2) is 0 Å². The fourth-order valence-electron chi connectivity index (χ4n) is 2.81. The Labute approximate surface area is 141 Å². The predicted octanol–water partition coefficient (Wildman–Crippen LogP) is 3.02. The van der Waals surface area contributed by atoms with E-state index in [0.717, 1.165) is 28.2 Å². The van der Waals surface area contributed by atoms with Crippen LogP contribution in [-0.4, -0.2) is 32.0 Å². The largest absolute Gasteiger partial charge is 0.306 e. The first-order valence-corrected chi connectivity index (χ1v) is 8.01. The minimum atomic E-state index is -0.214. The van der Waals surface area contributed by atoms with Gasteiger partial charge in [0, 0.05) is 23.6 Å². The fraction of sp³-hybridized carbons (Fsp3) is 0.333. The summed E-state index contributed by atoms with van der Waals surface area (Å²) in [5, 5.41) is 4.35. The summed E-state index contributed by atoms with van der Waals surface area (Å²) in [4.78, 5) is 23.4. The molecule has 1 aromatic carbocycles. The van der Waals surface area contributed by atoms with Crippen molar-refractivity contribution >= 4 is 17.4 Å². The first kappa shape index (κ1) is 16.1. The van der Waals surface area contributed by atoms with Gasteiger partial charge in [0.1, 0.15) is 0 Å². The molecule has 0 aliphatic rings. The van der Waals surface area contributed by atoms with Gasteiger partial charge in [0.05, 0.1) is 0 Å². The smallest absolute Gasteiger partial charge is 0.298 e. The highest BCUT2D eigenvalue weighted by Crippen LogP contribution is 2.23. The molecule has 0 unspecified atom stereocenters. The highest BCUT2D eigenvalue weighted by Gasteiger charge is 2.23. The Balaban J connectivity index is 2.06. The Morgan fingerprint density at radius 2 is 1.88 bits per heavy atom. The lowest BCUT2D eigenvalue weighted by molar-refractivity contribution is 0.0978. The highest BCUT2D eigenvalue weighted by atomic mass is 16.2. The summed E-state index contributed by atoms with van der Waals surface area (Å²) in [5.41, 5.74) is 4.80. The normalized spacial score (nSPS) is 11.0. The second kappa shape index (κ2) is 6.03. The molecule has 0 bridgehead atoms. The molecule has 1 amide bonds. The highest BCUT2D eigenvalue weighted by molar-refractivity contribution is 6.04. The van der Waals surface area contributed by atoms with E-state index in [2.05, 4.69) is 15.1 Å². The molecule has 24 heavy (non-hydrogen) atoms. The molecule has 0 fully saturated rings. The van der Waals surface area contributed by atoms with Gasteiger partial charge >= 0.3 is 0 Å². The molecule has 124 valence electrons. The molecular weight excluding hydrogens is 302 g/mol. The van der Waals surface area contributed by atoms with E-state index < -0.39 is 0 Å². The molecule has 0 atom stereocenters. The lowest BCUT2D eigenvalue weighted by Gasteiger charge is -2.22. The zero-order valence-corrected chi connectivity index (χ0v) is 14.7. The molecular formula is C18H21N5O. The number of rotatable bonds is 3. The number of carbonyl (C=O) groups excluding carboxylic acids is 1. The number of fused-ring (bicyclic) bond motifs is 1. The monoisotopic (exact) mass is 323 g/mol. The van der Waals surface area contributed by atoms with Crippen molar-refractivity contribution in [3.8, 4) is 0 Å². The Morgan fingerprint density at radius 1 is 1.12 bits per heavy atom. The van der Waals surface area contributed by atoms with Crippen molar-refractivity contribution in [2.45, 2.75) is 34.6 Å². The number of amides is 1. The third-order valence-electron chi connectivity index (χ3n) is 4.03. The molecule has 2 heterocycles. The van der Waals surface area contributed by atoms with Crippen LogP contribution in [0, 0.1) is 27.7 Å². The maximum absolute atomic E-state index is 13.0. The molecule has 3 rings (SSSR count). The number of hydrogen-bond acceptors (Lipinski definition) is 4. The van der Waals surface area contributed by atoms with Crippen LogP contribution >= 0.6 is 0 Å². The molecule has 2 aromatic heterocycles. The van der Waals surface area contributed by atoms with Crippen LogP contribution in [0.5, 0.6) is 0 Å². The van der Waals surface area contributed by atoms with Crippen molar-refractivity contribution < 1.29 is 4.79 Å². The van der Waals surface area contributed by atoms with E-state index in [-0.39, 0.29) is 11.7 Å². The van der Waals surface area contributed by atoms with Gasteiger partial charge in [0.2, 0.25) is 5.82 Å². The lowest BCUT2D eigenvalue weighted by Crippen LogP contribution is -2.32. The zero-order valence-electron chi connectivity index (χ0n) is 14.7. The summed E-state index contributed by atoms with van der Waals surface area (Å²) >= 11 is 0. The number of hydrogen-bond donors (Lipinski definition) is 0. The van der Waals surface area contributed by atoms with Gasteiger partial charge < -0.3 is 4.90 Å². The van der Waals surface area contributed by atoms with Crippen molar-refractivity contribution in [1.29, 1.82) is 0 Å². The van der Waals surface area contributed by atoms with Crippen LogP contribution in [0.1, 0.15) is 40.1 Å². The molecule has 6 heteroatoms. The van der Waals surface area contributed by atoms with Gasteiger partial charge in [-0.25, -0.2) is 9.50 Å². The van der Waals surface area contributed by atoms with Crippen LogP contribution in [0.2, 0.25) is 0 Å². The van der Waals surface area contributed by atoms with Crippen molar-refractivity contribution in [3.63, 3.8) is 0 Å². The number of aryl methyl sites for hydroxylation is 4. The standard InChI is InChI=1S/C18H21N5O/c1-6-22(15-9-11(2)7-8-12(15)3)17(24)16-20-18-19-13(4)10-14(5)23(18)21-16/h7-10H,6H2,1-5H3. The van der Waals surface area contributed by atoms with E-state index in [0.29, 0.717) is 12.3 Å². The molecule has 6 nitrogen and oxygen atoms in total. The maximum Gasteiger partial charge on any atom is 0.298 e. The first-order chi connectivity index (χ1) is 11.4. The van der Waals surface area contributed by atoms with Gasteiger partial charge in [0.25, 0.3) is 11.7 Å². The molecule has 0 radical (unpaired) electrons. The number of nitrogens with zero attached hydrogens (tertiary/aromatic N) is 5. The minimum Gasteiger partial charge on any atom is -0.306 e. The van der Waals surface area contributed by atoms with Gasteiger partial charge in [-0.3, -0.25) is 4.79 Å². The minimum absolute atomic E-state index is 0.166. The number of aromatic nitrogens is 4. The third kappa shape index (κ3) is 2.75. The van der Waals surface area contributed by atoms with E-state index in [1.165, 1.54) is 0 Å². The third-order valence-corrected chi connectivity index (χ3v) is 4.03. The summed E-state index contributed by atoms with van der Waals surface area (Å²) in [5.74, 6) is 0.403. The number of benzene rings is 1. The van der Waals surface area contributed by atoms with Crippen LogP contribution < -0.4 is 4.90 Å². The Hall–Kier alpha value is -2.76. The second-order valence-corrected chi connectivity index (χ2v) is 6.03. The molecule has 0 spiro atoms. The summed E-state index contributed by atoms with van der Waals surface area (Å²) < 4.78 is 1.61. The quantitative estimate of drug-likeness (QED) is 0.743. The van der Waals surface area contributed by atoms with Crippen LogP contribution in [-0.2, 0) is 0 Å². The molecule has 0 saturated carbocycles. The SMILES string of the molecule is CCN(C(=O)c1nc2nc(C)cc(C)n2n1)c1cc(C)ccc1C. The molecule has 0 saturated heterocycles. The van der Waals surface area contributed by atoms with E-state index >= 15 is 0 Å². The average molecular weight is 323 g/mol. The first-order valence-electron chi connectivity index (χ1n) is 8.01. The van der Waals surface area contributed by atoms with Crippen molar-refractivity contribution in [3.05, 3.63) is 52.6 Å². The topological polar surface area (TPSA) is 63.4 Å². The second-order valence-electron chi connectivity index (χ2n) is 6.03. The fourth-order valence-corrected chi connectivity index (χ4v) is 2.81. The summed E-state index contributed by atoms with van der Waals surface area (Å²) in [6, 6.07) is 7.99. The molecule has 0 aliphatic heterocycles. The van der Waals surface area contributed by atoms with Gasteiger partial charge in [-0.05, 0) is 57.9 Å². The van der Waals surface area contributed by atoms with Crippen LogP contribution in [0.25, 0.3) is 5.78 Å². The summed E-state index contributed by atoms with van der Waals surface area (Å²) in [6.45, 7) is 10.3. The van der Waals surface area contributed by atoms with E-state index in [9.17, 15) is 4.79 Å². The van der Waals surface area contributed by atoms with Gasteiger partial charge in [-0.15, -0.1) is 5.10 Å². The Kier molecular flexibility index (Phi) is 4.05. The van der Waals surface area contributed by atoms with E-state index in [1.807, 2.05) is 58.9 Å². The van der Waals surface area contributed by atoms with Gasteiger partial charge in [-0.2, -0.15) is 4.98 Å². The molecule has 3 aromatic rings. The summed E-state index contributed by atoms with van der Waals surface area (Å²) in [7, 11) is 0. The van der Waals surface area contributed by atoms with Crippen LogP contribution in [0.3, 0.4) is 0 Å². The Morgan fingerprint density at radius 3 is 2.58 bits per heavy atom. The van der Waals surface area contributed by atoms with Gasteiger partial charge in [-0.1, -0.05) is 12.1 Å². The van der Waals surface area contributed by atoms with Crippen molar-refractivity contribution in [2.24, 2.45) is 0 Å². The number of anilines is 1. The maximum atomic E-state index is 13.0. The predicted molar refractivity (Wildman–Crippen MR) is 93.5 cm³/mol.